The number of hydrogen-bond acceptors (Lipinski definition) is 4. The molecule has 0 aliphatic rings. The Hall–Kier alpha value is -1.49. The molecule has 0 aromatic carbocycles. The van der Waals surface area contributed by atoms with Crippen molar-refractivity contribution in [2.75, 3.05) is 0 Å². The van der Waals surface area contributed by atoms with Crippen LogP contribution in [0, 0.1) is 6.92 Å². The van der Waals surface area contributed by atoms with E-state index in [2.05, 4.69) is 9.97 Å². The second-order valence-electron chi connectivity index (χ2n) is 2.91. The maximum Gasteiger partial charge on any atom is 0.347 e. The van der Waals surface area contributed by atoms with Gasteiger partial charge in [0.05, 0.1) is 6.54 Å². The standard InChI is InChI=1S/C9H9N3OS/c1-7-6-14-8(11-7)5-12-4-2-3-10-9(12)13/h2-4,6H,5H2,1H3. The van der Waals surface area contributed by atoms with Crippen molar-refractivity contribution in [3.05, 3.63) is 45.0 Å². The Kier molecular flexibility index (Phi) is 2.41. The molecule has 0 aliphatic heterocycles. The van der Waals surface area contributed by atoms with E-state index < -0.39 is 0 Å². The second-order valence-corrected chi connectivity index (χ2v) is 3.86. The quantitative estimate of drug-likeness (QED) is 0.739. The van der Waals surface area contributed by atoms with Crippen molar-refractivity contribution in [3.63, 3.8) is 0 Å². The highest BCUT2D eigenvalue weighted by molar-refractivity contribution is 7.09. The average Bonchev–Trinajstić information content (AvgIpc) is 2.56. The SMILES string of the molecule is Cc1csc(Cn2cccnc2=O)n1. The summed E-state index contributed by atoms with van der Waals surface area (Å²) in [5.41, 5.74) is 0.752. The van der Waals surface area contributed by atoms with E-state index in [0.717, 1.165) is 10.7 Å². The molecule has 0 atom stereocenters. The van der Waals surface area contributed by atoms with Gasteiger partial charge in [0.2, 0.25) is 0 Å². The van der Waals surface area contributed by atoms with Crippen LogP contribution in [0.25, 0.3) is 0 Å². The van der Waals surface area contributed by atoms with Gasteiger partial charge in [-0.25, -0.2) is 14.8 Å². The molecule has 0 amide bonds. The van der Waals surface area contributed by atoms with Crippen molar-refractivity contribution >= 4 is 11.3 Å². The Morgan fingerprint density at radius 1 is 1.57 bits per heavy atom. The molecule has 2 rings (SSSR count). The number of hydrogen-bond donors (Lipinski definition) is 0. The maximum absolute atomic E-state index is 11.3. The first-order valence-corrected chi connectivity index (χ1v) is 5.06. The summed E-state index contributed by atoms with van der Waals surface area (Å²) in [7, 11) is 0. The number of thiazole rings is 1. The van der Waals surface area contributed by atoms with Crippen LogP contribution in [0.5, 0.6) is 0 Å². The Morgan fingerprint density at radius 3 is 3.07 bits per heavy atom. The topological polar surface area (TPSA) is 47.8 Å². The van der Waals surface area contributed by atoms with Crippen LogP contribution in [0.3, 0.4) is 0 Å². The predicted molar refractivity (Wildman–Crippen MR) is 54.5 cm³/mol. The molecular formula is C9H9N3OS. The zero-order chi connectivity index (χ0) is 9.97. The lowest BCUT2D eigenvalue weighted by molar-refractivity contribution is 0.721. The van der Waals surface area contributed by atoms with Gasteiger partial charge < -0.3 is 0 Å². The van der Waals surface area contributed by atoms with Crippen molar-refractivity contribution < 1.29 is 0 Å². The number of aromatic nitrogens is 3. The largest absolute Gasteiger partial charge is 0.347 e. The average molecular weight is 207 g/mol. The maximum atomic E-state index is 11.3. The molecule has 0 fully saturated rings. The third kappa shape index (κ3) is 1.88. The number of nitrogens with zero attached hydrogens (tertiary/aromatic N) is 3. The van der Waals surface area contributed by atoms with Gasteiger partial charge in [-0.05, 0) is 13.0 Å². The van der Waals surface area contributed by atoms with Crippen molar-refractivity contribution in [2.24, 2.45) is 0 Å². The molecule has 0 radical (unpaired) electrons. The molecule has 0 aliphatic carbocycles. The van der Waals surface area contributed by atoms with E-state index in [0.29, 0.717) is 6.54 Å². The van der Waals surface area contributed by atoms with Crippen LogP contribution in [0.1, 0.15) is 10.7 Å². The Morgan fingerprint density at radius 2 is 2.43 bits per heavy atom. The van der Waals surface area contributed by atoms with E-state index in [9.17, 15) is 4.79 Å². The first kappa shape index (κ1) is 9.08. The smallest absolute Gasteiger partial charge is 0.292 e. The van der Waals surface area contributed by atoms with Crippen LogP contribution in [-0.4, -0.2) is 14.5 Å². The molecule has 5 heteroatoms. The molecule has 2 aromatic rings. The van der Waals surface area contributed by atoms with Crippen LogP contribution >= 0.6 is 11.3 Å². The van der Waals surface area contributed by atoms with Crippen molar-refractivity contribution in [1.82, 2.24) is 14.5 Å². The third-order valence-electron chi connectivity index (χ3n) is 1.75. The van der Waals surface area contributed by atoms with Gasteiger partial charge in [0.1, 0.15) is 5.01 Å². The zero-order valence-electron chi connectivity index (χ0n) is 7.67. The third-order valence-corrected chi connectivity index (χ3v) is 2.71. The van der Waals surface area contributed by atoms with Gasteiger partial charge in [0.15, 0.2) is 0 Å². The molecule has 14 heavy (non-hydrogen) atoms. The zero-order valence-corrected chi connectivity index (χ0v) is 8.49. The molecule has 0 bridgehead atoms. The summed E-state index contributed by atoms with van der Waals surface area (Å²) in [4.78, 5) is 19.2. The fraction of sp³-hybridized carbons (Fsp3) is 0.222. The van der Waals surface area contributed by atoms with Gasteiger partial charge in [0.25, 0.3) is 0 Å². The minimum Gasteiger partial charge on any atom is -0.292 e. The molecule has 2 heterocycles. The molecule has 2 aromatic heterocycles. The number of aryl methyl sites for hydroxylation is 1. The van der Waals surface area contributed by atoms with Crippen molar-refractivity contribution in [1.29, 1.82) is 0 Å². The summed E-state index contributed by atoms with van der Waals surface area (Å²) in [6.07, 6.45) is 3.21. The minimum atomic E-state index is -0.236. The van der Waals surface area contributed by atoms with E-state index in [-0.39, 0.29) is 5.69 Å². The summed E-state index contributed by atoms with van der Waals surface area (Å²) in [5.74, 6) is 0. The molecule has 0 saturated carbocycles. The lowest BCUT2D eigenvalue weighted by atomic mass is 10.5. The van der Waals surface area contributed by atoms with Gasteiger partial charge in [-0.3, -0.25) is 4.57 Å². The summed E-state index contributed by atoms with van der Waals surface area (Å²) in [5, 5.41) is 2.90. The molecule has 4 nitrogen and oxygen atoms in total. The number of rotatable bonds is 2. The van der Waals surface area contributed by atoms with Gasteiger partial charge in [-0.15, -0.1) is 11.3 Å². The highest BCUT2D eigenvalue weighted by Crippen LogP contribution is 2.08. The van der Waals surface area contributed by atoms with Crippen LogP contribution < -0.4 is 5.69 Å². The molecular weight excluding hydrogens is 198 g/mol. The first-order valence-electron chi connectivity index (χ1n) is 4.18. The Labute approximate surface area is 84.9 Å². The van der Waals surface area contributed by atoms with Crippen molar-refractivity contribution in [3.8, 4) is 0 Å². The van der Waals surface area contributed by atoms with Crippen molar-refractivity contribution in [2.45, 2.75) is 13.5 Å². The van der Waals surface area contributed by atoms with Gasteiger partial charge >= 0.3 is 5.69 Å². The highest BCUT2D eigenvalue weighted by atomic mass is 32.1. The van der Waals surface area contributed by atoms with Crippen LogP contribution in [-0.2, 0) is 6.54 Å². The monoisotopic (exact) mass is 207 g/mol. The van der Waals surface area contributed by atoms with E-state index in [1.54, 1.807) is 23.6 Å². The summed E-state index contributed by atoms with van der Waals surface area (Å²) in [6.45, 7) is 2.44. The van der Waals surface area contributed by atoms with Gasteiger partial charge in [-0.1, -0.05) is 0 Å². The molecule has 0 spiro atoms. The fourth-order valence-corrected chi connectivity index (χ4v) is 1.90. The predicted octanol–water partition coefficient (Wildman–Crippen LogP) is 1.06. The van der Waals surface area contributed by atoms with Gasteiger partial charge in [0, 0.05) is 23.5 Å². The Bertz CT molecular complexity index is 489. The van der Waals surface area contributed by atoms with E-state index in [1.165, 1.54) is 10.8 Å². The highest BCUT2D eigenvalue weighted by Gasteiger charge is 2.00. The van der Waals surface area contributed by atoms with Gasteiger partial charge in [-0.2, -0.15) is 0 Å². The van der Waals surface area contributed by atoms with E-state index >= 15 is 0 Å². The van der Waals surface area contributed by atoms with Crippen LogP contribution in [0.4, 0.5) is 0 Å². The molecule has 0 saturated heterocycles. The van der Waals surface area contributed by atoms with E-state index in [4.69, 9.17) is 0 Å². The summed E-state index contributed by atoms with van der Waals surface area (Å²) >= 11 is 1.55. The van der Waals surface area contributed by atoms with Crippen LogP contribution in [0.2, 0.25) is 0 Å². The summed E-state index contributed by atoms with van der Waals surface area (Å²) < 4.78 is 1.54. The molecule has 72 valence electrons. The lowest BCUT2D eigenvalue weighted by Gasteiger charge is -1.99. The lowest BCUT2D eigenvalue weighted by Crippen LogP contribution is -2.21. The molecule has 0 N–H and O–H groups in total. The summed E-state index contributed by atoms with van der Waals surface area (Å²) in [6, 6.07) is 1.74. The first-order chi connectivity index (χ1) is 6.75. The Balaban J connectivity index is 2.27. The van der Waals surface area contributed by atoms with E-state index in [1.807, 2.05) is 12.3 Å². The fourth-order valence-electron chi connectivity index (χ4n) is 1.13. The van der Waals surface area contributed by atoms with Crippen LogP contribution in [0.15, 0.2) is 28.6 Å². The normalized spacial score (nSPS) is 10.4. The minimum absolute atomic E-state index is 0.236. The molecule has 0 unspecified atom stereocenters. The second kappa shape index (κ2) is 3.71.